The Hall–Kier alpha value is -2.67. The highest BCUT2D eigenvalue weighted by molar-refractivity contribution is 5.66. The molecule has 3 aromatic rings. The summed E-state index contributed by atoms with van der Waals surface area (Å²) in [5.41, 5.74) is 2.77. The second kappa shape index (κ2) is 7.39. The Kier molecular flexibility index (Phi) is 4.60. The zero-order chi connectivity index (χ0) is 18.9. The minimum atomic E-state index is -0.266. The van der Waals surface area contributed by atoms with Crippen molar-refractivity contribution < 1.29 is 4.39 Å². The Morgan fingerprint density at radius 3 is 2.93 bits per heavy atom. The standard InChI is InChI=1S/C21H25FN6/c22-15-4-3-6-16(10-15)26-20-11-19(25-17-5-1-2-9-23-12-17)27-21-18(14-7-8-14)13-24-28(20)21/h3-4,6,10-11,13-14,17,23,26H,1-2,5,7-9,12H2,(H,25,27). The van der Waals surface area contributed by atoms with Gasteiger partial charge < -0.3 is 16.0 Å². The molecular weight excluding hydrogens is 355 g/mol. The van der Waals surface area contributed by atoms with E-state index < -0.39 is 0 Å². The highest BCUT2D eigenvalue weighted by atomic mass is 19.1. The van der Waals surface area contributed by atoms with Gasteiger partial charge in [-0.05, 0) is 56.3 Å². The number of hydrogen-bond donors (Lipinski definition) is 3. The van der Waals surface area contributed by atoms with Crippen LogP contribution in [0.5, 0.6) is 0 Å². The number of hydrogen-bond acceptors (Lipinski definition) is 5. The molecule has 28 heavy (non-hydrogen) atoms. The van der Waals surface area contributed by atoms with Crippen LogP contribution in [0.4, 0.5) is 21.7 Å². The van der Waals surface area contributed by atoms with Gasteiger partial charge in [0.15, 0.2) is 5.65 Å². The third kappa shape index (κ3) is 3.67. The van der Waals surface area contributed by atoms with Crippen molar-refractivity contribution in [2.45, 2.75) is 44.1 Å². The third-order valence-electron chi connectivity index (χ3n) is 5.51. The summed E-state index contributed by atoms with van der Waals surface area (Å²) in [5.74, 6) is 1.91. The Labute approximate surface area is 163 Å². The van der Waals surface area contributed by atoms with E-state index in [4.69, 9.17) is 4.98 Å². The number of nitrogens with zero attached hydrogens (tertiary/aromatic N) is 3. The highest BCUT2D eigenvalue weighted by Crippen LogP contribution is 2.42. The van der Waals surface area contributed by atoms with Crippen LogP contribution in [0.15, 0.2) is 36.5 Å². The van der Waals surface area contributed by atoms with Crippen molar-refractivity contribution in [3.63, 3.8) is 0 Å². The molecule has 3 N–H and O–H groups in total. The fourth-order valence-corrected chi connectivity index (χ4v) is 3.89. The zero-order valence-electron chi connectivity index (χ0n) is 15.8. The van der Waals surface area contributed by atoms with Crippen LogP contribution in [-0.4, -0.2) is 33.7 Å². The fourth-order valence-electron chi connectivity index (χ4n) is 3.89. The van der Waals surface area contributed by atoms with E-state index in [2.05, 4.69) is 21.0 Å². The van der Waals surface area contributed by atoms with Crippen LogP contribution in [0, 0.1) is 5.82 Å². The third-order valence-corrected chi connectivity index (χ3v) is 5.51. The van der Waals surface area contributed by atoms with E-state index in [1.807, 2.05) is 22.8 Å². The second-order valence-corrected chi connectivity index (χ2v) is 7.81. The molecule has 1 aliphatic carbocycles. The lowest BCUT2D eigenvalue weighted by Gasteiger charge is -2.18. The molecule has 1 unspecified atom stereocenters. The molecule has 1 saturated heterocycles. The quantitative estimate of drug-likeness (QED) is 0.623. The Balaban J connectivity index is 1.51. The van der Waals surface area contributed by atoms with Gasteiger partial charge in [-0.1, -0.05) is 12.5 Å². The van der Waals surface area contributed by atoms with Crippen molar-refractivity contribution in [1.29, 1.82) is 0 Å². The molecule has 6 nitrogen and oxygen atoms in total. The average Bonchev–Trinajstić information content (AvgIpc) is 3.47. The van der Waals surface area contributed by atoms with Crippen molar-refractivity contribution in [3.8, 4) is 0 Å². The van der Waals surface area contributed by atoms with Crippen molar-refractivity contribution >= 4 is 23.0 Å². The molecular formula is C21H25FN6. The first-order valence-corrected chi connectivity index (χ1v) is 10.1. The molecule has 2 aliphatic rings. The first-order valence-electron chi connectivity index (χ1n) is 10.1. The number of anilines is 3. The Morgan fingerprint density at radius 2 is 2.07 bits per heavy atom. The maximum absolute atomic E-state index is 13.6. The monoisotopic (exact) mass is 380 g/mol. The van der Waals surface area contributed by atoms with Gasteiger partial charge in [0.05, 0.1) is 6.20 Å². The lowest BCUT2D eigenvalue weighted by atomic mass is 10.1. The molecule has 1 aromatic carbocycles. The van der Waals surface area contributed by atoms with E-state index in [1.54, 1.807) is 6.07 Å². The van der Waals surface area contributed by atoms with Crippen molar-refractivity contribution in [3.05, 3.63) is 47.9 Å². The van der Waals surface area contributed by atoms with E-state index in [0.29, 0.717) is 17.6 Å². The van der Waals surface area contributed by atoms with Crippen LogP contribution in [0.3, 0.4) is 0 Å². The molecule has 0 radical (unpaired) electrons. The molecule has 2 fully saturated rings. The van der Waals surface area contributed by atoms with E-state index >= 15 is 0 Å². The predicted molar refractivity (Wildman–Crippen MR) is 109 cm³/mol. The molecule has 0 spiro atoms. The average molecular weight is 380 g/mol. The minimum absolute atomic E-state index is 0.266. The van der Waals surface area contributed by atoms with E-state index in [1.165, 1.54) is 43.4 Å². The number of halogens is 1. The summed E-state index contributed by atoms with van der Waals surface area (Å²) in [7, 11) is 0. The lowest BCUT2D eigenvalue weighted by Crippen LogP contribution is -2.31. The summed E-state index contributed by atoms with van der Waals surface area (Å²) in [5, 5.41) is 15.0. The summed E-state index contributed by atoms with van der Waals surface area (Å²) in [4.78, 5) is 4.89. The molecule has 0 amide bonds. The molecule has 2 aromatic heterocycles. The largest absolute Gasteiger partial charge is 0.366 e. The molecule has 146 valence electrons. The van der Waals surface area contributed by atoms with E-state index in [0.717, 1.165) is 36.8 Å². The van der Waals surface area contributed by atoms with Crippen LogP contribution in [0.2, 0.25) is 0 Å². The first kappa shape index (κ1) is 17.4. The molecule has 3 heterocycles. The van der Waals surface area contributed by atoms with Crippen LogP contribution < -0.4 is 16.0 Å². The summed E-state index contributed by atoms with van der Waals surface area (Å²) >= 11 is 0. The maximum Gasteiger partial charge on any atom is 0.163 e. The molecule has 0 bridgehead atoms. The van der Waals surface area contributed by atoms with Gasteiger partial charge in [0.1, 0.15) is 17.5 Å². The number of rotatable bonds is 5. The molecule has 5 rings (SSSR count). The van der Waals surface area contributed by atoms with Gasteiger partial charge in [0, 0.05) is 29.9 Å². The van der Waals surface area contributed by atoms with Crippen LogP contribution in [-0.2, 0) is 0 Å². The van der Waals surface area contributed by atoms with Crippen LogP contribution in [0.1, 0.15) is 43.6 Å². The van der Waals surface area contributed by atoms with Crippen LogP contribution >= 0.6 is 0 Å². The normalized spacial score (nSPS) is 20.1. The summed E-state index contributed by atoms with van der Waals surface area (Å²) < 4.78 is 15.5. The smallest absolute Gasteiger partial charge is 0.163 e. The van der Waals surface area contributed by atoms with E-state index in [9.17, 15) is 4.39 Å². The number of aromatic nitrogens is 3. The molecule has 1 aliphatic heterocycles. The van der Waals surface area contributed by atoms with Crippen molar-refractivity contribution in [2.75, 3.05) is 23.7 Å². The Morgan fingerprint density at radius 1 is 1.14 bits per heavy atom. The highest BCUT2D eigenvalue weighted by Gasteiger charge is 2.28. The zero-order valence-corrected chi connectivity index (χ0v) is 15.8. The number of benzene rings is 1. The van der Waals surface area contributed by atoms with Gasteiger partial charge in [-0.15, -0.1) is 0 Å². The van der Waals surface area contributed by atoms with E-state index in [-0.39, 0.29) is 5.82 Å². The maximum atomic E-state index is 13.6. The van der Waals surface area contributed by atoms with Gasteiger partial charge in [-0.2, -0.15) is 9.61 Å². The van der Waals surface area contributed by atoms with Gasteiger partial charge in [0.2, 0.25) is 0 Å². The predicted octanol–water partition coefficient (Wildman–Crippen LogP) is 4.04. The number of fused-ring (bicyclic) bond motifs is 1. The summed E-state index contributed by atoms with van der Waals surface area (Å²) in [6, 6.07) is 8.80. The minimum Gasteiger partial charge on any atom is -0.366 e. The Bertz CT molecular complexity index is 972. The molecule has 1 saturated carbocycles. The van der Waals surface area contributed by atoms with Crippen LogP contribution in [0.25, 0.3) is 5.65 Å². The topological polar surface area (TPSA) is 66.3 Å². The number of nitrogens with one attached hydrogen (secondary N) is 3. The van der Waals surface area contributed by atoms with Gasteiger partial charge in [0.25, 0.3) is 0 Å². The van der Waals surface area contributed by atoms with Crippen molar-refractivity contribution in [2.24, 2.45) is 0 Å². The summed E-state index contributed by atoms with van der Waals surface area (Å²) in [6.07, 6.45) is 7.86. The fraction of sp³-hybridized carbons (Fsp3) is 0.429. The van der Waals surface area contributed by atoms with Gasteiger partial charge in [-0.3, -0.25) is 0 Å². The van der Waals surface area contributed by atoms with Crippen molar-refractivity contribution in [1.82, 2.24) is 19.9 Å². The van der Waals surface area contributed by atoms with Gasteiger partial charge in [-0.25, -0.2) is 9.37 Å². The first-order chi connectivity index (χ1) is 13.8. The van der Waals surface area contributed by atoms with Gasteiger partial charge >= 0.3 is 0 Å². The second-order valence-electron chi connectivity index (χ2n) is 7.81. The summed E-state index contributed by atoms with van der Waals surface area (Å²) in [6.45, 7) is 2.01. The lowest BCUT2D eigenvalue weighted by molar-refractivity contribution is 0.628. The molecule has 7 heteroatoms. The SMILES string of the molecule is Fc1cccc(Nc2cc(NC3CCCCNC3)nc3c(C4CC4)cnn23)c1. The molecule has 1 atom stereocenters.